The minimum Gasteiger partial charge on any atom is -0.378 e. The van der Waals surface area contributed by atoms with Crippen molar-refractivity contribution in [3.05, 3.63) is 12.2 Å². The van der Waals surface area contributed by atoms with Gasteiger partial charge in [0, 0.05) is 6.54 Å². The van der Waals surface area contributed by atoms with E-state index in [4.69, 9.17) is 9.47 Å². The van der Waals surface area contributed by atoms with Crippen LogP contribution in [0.3, 0.4) is 0 Å². The zero-order valence-corrected chi connectivity index (χ0v) is 13.1. The fourth-order valence-corrected chi connectivity index (χ4v) is 3.08. The van der Waals surface area contributed by atoms with E-state index in [1.165, 1.54) is 25.7 Å². The Kier molecular flexibility index (Phi) is 7.05. The fourth-order valence-electron chi connectivity index (χ4n) is 3.08. The van der Waals surface area contributed by atoms with E-state index in [1.807, 2.05) is 0 Å². The summed E-state index contributed by atoms with van der Waals surface area (Å²) in [6.07, 6.45) is 11.2. The highest BCUT2D eigenvalue weighted by Crippen LogP contribution is 2.26. The SMILES string of the molecule is CCCNCC1CCC(COCC2CC=CCC2C)O1. The van der Waals surface area contributed by atoms with Crippen molar-refractivity contribution < 1.29 is 9.47 Å². The van der Waals surface area contributed by atoms with Crippen molar-refractivity contribution in [2.45, 2.75) is 58.2 Å². The van der Waals surface area contributed by atoms with Crippen LogP contribution in [-0.2, 0) is 9.47 Å². The van der Waals surface area contributed by atoms with E-state index in [1.54, 1.807) is 0 Å². The predicted molar refractivity (Wildman–Crippen MR) is 82.9 cm³/mol. The Balaban J connectivity index is 1.55. The van der Waals surface area contributed by atoms with E-state index in [0.717, 1.165) is 38.6 Å². The Morgan fingerprint density at radius 3 is 2.75 bits per heavy atom. The summed E-state index contributed by atoms with van der Waals surface area (Å²) in [5, 5.41) is 3.44. The van der Waals surface area contributed by atoms with E-state index in [2.05, 4.69) is 31.3 Å². The largest absolute Gasteiger partial charge is 0.378 e. The number of hydrogen-bond acceptors (Lipinski definition) is 3. The lowest BCUT2D eigenvalue weighted by Gasteiger charge is -2.25. The molecule has 0 radical (unpaired) electrons. The second-order valence-electron chi connectivity index (χ2n) is 6.38. The number of allylic oxidation sites excluding steroid dienone is 2. The van der Waals surface area contributed by atoms with Crippen LogP contribution in [0.15, 0.2) is 12.2 Å². The highest BCUT2D eigenvalue weighted by Gasteiger charge is 2.25. The van der Waals surface area contributed by atoms with Crippen molar-refractivity contribution in [1.82, 2.24) is 5.32 Å². The minimum absolute atomic E-state index is 0.317. The van der Waals surface area contributed by atoms with Gasteiger partial charge in [0.05, 0.1) is 25.4 Å². The maximum Gasteiger partial charge on any atom is 0.0813 e. The van der Waals surface area contributed by atoms with Crippen LogP contribution >= 0.6 is 0 Å². The van der Waals surface area contributed by atoms with E-state index in [-0.39, 0.29) is 0 Å². The molecule has 0 aromatic heterocycles. The van der Waals surface area contributed by atoms with Gasteiger partial charge in [-0.3, -0.25) is 0 Å². The van der Waals surface area contributed by atoms with Crippen LogP contribution in [0.4, 0.5) is 0 Å². The molecule has 0 spiro atoms. The first kappa shape index (κ1) is 16.0. The molecule has 116 valence electrons. The van der Waals surface area contributed by atoms with Crippen LogP contribution in [0.2, 0.25) is 0 Å². The molecule has 1 heterocycles. The van der Waals surface area contributed by atoms with Crippen LogP contribution in [0.25, 0.3) is 0 Å². The van der Waals surface area contributed by atoms with Gasteiger partial charge in [0.25, 0.3) is 0 Å². The molecule has 0 aromatic rings. The molecule has 20 heavy (non-hydrogen) atoms. The molecule has 1 aliphatic carbocycles. The molecule has 1 N–H and O–H groups in total. The van der Waals surface area contributed by atoms with Crippen molar-refractivity contribution in [3.8, 4) is 0 Å². The van der Waals surface area contributed by atoms with E-state index >= 15 is 0 Å². The standard InChI is InChI=1S/C17H31NO2/c1-3-10-18-11-16-8-9-17(20-16)13-19-12-15-7-5-4-6-14(15)2/h4-5,14-18H,3,6-13H2,1-2H3. The first-order valence-corrected chi connectivity index (χ1v) is 8.38. The van der Waals surface area contributed by atoms with Crippen LogP contribution in [0, 0.1) is 11.8 Å². The van der Waals surface area contributed by atoms with Gasteiger partial charge < -0.3 is 14.8 Å². The highest BCUT2D eigenvalue weighted by atomic mass is 16.5. The van der Waals surface area contributed by atoms with Gasteiger partial charge in [0.15, 0.2) is 0 Å². The van der Waals surface area contributed by atoms with Crippen LogP contribution < -0.4 is 5.32 Å². The van der Waals surface area contributed by atoms with Crippen molar-refractivity contribution in [1.29, 1.82) is 0 Å². The smallest absolute Gasteiger partial charge is 0.0813 e. The van der Waals surface area contributed by atoms with Crippen LogP contribution in [0.5, 0.6) is 0 Å². The van der Waals surface area contributed by atoms with Crippen molar-refractivity contribution in [2.24, 2.45) is 11.8 Å². The molecule has 3 nitrogen and oxygen atoms in total. The normalized spacial score (nSPS) is 33.7. The van der Waals surface area contributed by atoms with Crippen molar-refractivity contribution in [3.63, 3.8) is 0 Å². The lowest BCUT2D eigenvalue weighted by atomic mass is 9.85. The molecule has 0 saturated carbocycles. The molecule has 2 aliphatic rings. The van der Waals surface area contributed by atoms with Crippen molar-refractivity contribution >= 4 is 0 Å². The summed E-state index contributed by atoms with van der Waals surface area (Å²) in [5.41, 5.74) is 0. The topological polar surface area (TPSA) is 30.5 Å². The quantitative estimate of drug-likeness (QED) is 0.547. The van der Waals surface area contributed by atoms with Gasteiger partial charge in [0.1, 0.15) is 0 Å². The molecule has 3 heteroatoms. The summed E-state index contributed by atoms with van der Waals surface area (Å²) >= 11 is 0. The third-order valence-corrected chi connectivity index (χ3v) is 4.55. The highest BCUT2D eigenvalue weighted by molar-refractivity contribution is 4.93. The first-order chi connectivity index (χ1) is 9.79. The zero-order valence-electron chi connectivity index (χ0n) is 13.1. The molecule has 4 unspecified atom stereocenters. The lowest BCUT2D eigenvalue weighted by Crippen LogP contribution is -2.29. The van der Waals surface area contributed by atoms with E-state index < -0.39 is 0 Å². The summed E-state index contributed by atoms with van der Waals surface area (Å²) in [4.78, 5) is 0. The summed E-state index contributed by atoms with van der Waals surface area (Å²) in [6.45, 7) is 8.28. The number of rotatable bonds is 8. The molecule has 1 saturated heterocycles. The van der Waals surface area contributed by atoms with E-state index in [9.17, 15) is 0 Å². The van der Waals surface area contributed by atoms with Gasteiger partial charge in [-0.15, -0.1) is 0 Å². The van der Waals surface area contributed by atoms with Crippen LogP contribution in [0.1, 0.15) is 46.0 Å². The second-order valence-corrected chi connectivity index (χ2v) is 6.38. The molecule has 2 rings (SSSR count). The Morgan fingerprint density at radius 2 is 1.95 bits per heavy atom. The van der Waals surface area contributed by atoms with Gasteiger partial charge >= 0.3 is 0 Å². The lowest BCUT2D eigenvalue weighted by molar-refractivity contribution is -0.0261. The maximum atomic E-state index is 6.02. The second kappa shape index (κ2) is 8.81. The van der Waals surface area contributed by atoms with Gasteiger partial charge in [-0.25, -0.2) is 0 Å². The zero-order chi connectivity index (χ0) is 14.2. The first-order valence-electron chi connectivity index (χ1n) is 8.38. The monoisotopic (exact) mass is 281 g/mol. The third-order valence-electron chi connectivity index (χ3n) is 4.55. The molecule has 0 amide bonds. The summed E-state index contributed by atoms with van der Waals surface area (Å²) in [5.74, 6) is 1.46. The summed E-state index contributed by atoms with van der Waals surface area (Å²) in [7, 11) is 0. The summed E-state index contributed by atoms with van der Waals surface area (Å²) in [6, 6.07) is 0. The third kappa shape index (κ3) is 5.19. The average molecular weight is 281 g/mol. The molecular weight excluding hydrogens is 250 g/mol. The summed E-state index contributed by atoms with van der Waals surface area (Å²) < 4.78 is 11.9. The number of nitrogens with one attached hydrogen (secondary N) is 1. The molecule has 1 aliphatic heterocycles. The Bertz CT molecular complexity index is 293. The van der Waals surface area contributed by atoms with Crippen LogP contribution in [-0.4, -0.2) is 38.5 Å². The number of hydrogen-bond donors (Lipinski definition) is 1. The molecule has 4 atom stereocenters. The Morgan fingerprint density at radius 1 is 1.15 bits per heavy atom. The minimum atomic E-state index is 0.317. The maximum absolute atomic E-state index is 6.02. The van der Waals surface area contributed by atoms with Gasteiger partial charge in [-0.1, -0.05) is 26.0 Å². The van der Waals surface area contributed by atoms with E-state index in [0.29, 0.717) is 18.1 Å². The Hall–Kier alpha value is -0.380. The molecular formula is C17H31NO2. The van der Waals surface area contributed by atoms with Gasteiger partial charge in [-0.05, 0) is 50.5 Å². The average Bonchev–Trinajstić information content (AvgIpc) is 2.89. The van der Waals surface area contributed by atoms with Crippen molar-refractivity contribution in [2.75, 3.05) is 26.3 Å². The molecule has 0 bridgehead atoms. The Labute approximate surface area is 124 Å². The fraction of sp³-hybridized carbons (Fsp3) is 0.882. The number of ether oxygens (including phenoxy) is 2. The molecule has 1 fully saturated rings. The van der Waals surface area contributed by atoms with Gasteiger partial charge in [-0.2, -0.15) is 0 Å². The van der Waals surface area contributed by atoms with Gasteiger partial charge in [0.2, 0.25) is 0 Å². The predicted octanol–water partition coefficient (Wildman–Crippen LogP) is 3.15. The molecule has 0 aromatic carbocycles.